The lowest BCUT2D eigenvalue weighted by Gasteiger charge is -2.20. The van der Waals surface area contributed by atoms with Crippen molar-refractivity contribution in [3.63, 3.8) is 0 Å². The fraction of sp³-hybridized carbons (Fsp3) is 0.727. The molecule has 0 aromatic carbocycles. The van der Waals surface area contributed by atoms with E-state index < -0.39 is 12.2 Å². The Balaban J connectivity index is 2.40. The summed E-state index contributed by atoms with van der Waals surface area (Å²) in [6.07, 6.45) is -3.82. The van der Waals surface area contributed by atoms with Crippen LogP contribution in [0.1, 0.15) is 36.7 Å². The SMILES string of the molecule is CC(n1nnc(CC#N)c1C1CCOC1)C(F)(F)F. The Morgan fingerprint density at radius 3 is 2.84 bits per heavy atom. The van der Waals surface area contributed by atoms with Crippen molar-refractivity contribution < 1.29 is 17.9 Å². The molecule has 0 radical (unpaired) electrons. The molecule has 1 aromatic rings. The van der Waals surface area contributed by atoms with E-state index in [1.54, 1.807) is 0 Å². The minimum Gasteiger partial charge on any atom is -0.381 e. The van der Waals surface area contributed by atoms with Crippen LogP contribution in [0.5, 0.6) is 0 Å². The van der Waals surface area contributed by atoms with Gasteiger partial charge in [-0.05, 0) is 13.3 Å². The molecule has 0 N–H and O–H groups in total. The Morgan fingerprint density at radius 1 is 1.58 bits per heavy atom. The normalized spacial score (nSPS) is 21.3. The highest BCUT2D eigenvalue weighted by Gasteiger charge is 2.41. The standard InChI is InChI=1S/C11H13F3N4O/c1-7(11(12,13)14)18-10(8-3-5-19-6-8)9(2-4-15)16-17-18/h7-8H,2-3,5-6H2,1H3. The second kappa shape index (κ2) is 5.17. The van der Waals surface area contributed by atoms with Crippen molar-refractivity contribution in [2.45, 2.75) is 37.9 Å². The Labute approximate surface area is 108 Å². The van der Waals surface area contributed by atoms with Crippen LogP contribution < -0.4 is 0 Å². The van der Waals surface area contributed by atoms with E-state index in [1.165, 1.54) is 0 Å². The summed E-state index contributed by atoms with van der Waals surface area (Å²) in [6.45, 7) is 1.88. The van der Waals surface area contributed by atoms with E-state index in [9.17, 15) is 13.2 Å². The van der Waals surface area contributed by atoms with Crippen molar-refractivity contribution in [3.05, 3.63) is 11.4 Å². The predicted octanol–water partition coefficient (Wildman–Crippen LogP) is 1.97. The van der Waals surface area contributed by atoms with Crippen molar-refractivity contribution in [2.24, 2.45) is 0 Å². The molecule has 1 fully saturated rings. The van der Waals surface area contributed by atoms with Gasteiger partial charge < -0.3 is 4.74 Å². The van der Waals surface area contributed by atoms with E-state index in [0.29, 0.717) is 31.0 Å². The van der Waals surface area contributed by atoms with Crippen molar-refractivity contribution >= 4 is 0 Å². The van der Waals surface area contributed by atoms with Gasteiger partial charge in [-0.1, -0.05) is 5.21 Å². The van der Waals surface area contributed by atoms with Crippen LogP contribution in [0.3, 0.4) is 0 Å². The molecular formula is C11H13F3N4O. The minimum absolute atomic E-state index is 0.0452. The zero-order valence-corrected chi connectivity index (χ0v) is 10.3. The van der Waals surface area contributed by atoms with E-state index in [2.05, 4.69) is 10.3 Å². The molecule has 2 heterocycles. The number of nitrogens with zero attached hydrogens (tertiary/aromatic N) is 4. The fourth-order valence-corrected chi connectivity index (χ4v) is 2.13. The van der Waals surface area contributed by atoms with Gasteiger partial charge in [-0.2, -0.15) is 18.4 Å². The van der Waals surface area contributed by atoms with Crippen LogP contribution in [-0.2, 0) is 11.2 Å². The van der Waals surface area contributed by atoms with E-state index in [4.69, 9.17) is 10.00 Å². The van der Waals surface area contributed by atoms with Gasteiger partial charge in [0, 0.05) is 12.5 Å². The molecule has 1 aliphatic rings. The predicted molar refractivity (Wildman–Crippen MR) is 58.3 cm³/mol. The number of rotatable bonds is 3. The molecule has 8 heteroatoms. The van der Waals surface area contributed by atoms with Gasteiger partial charge in [0.25, 0.3) is 0 Å². The molecule has 0 saturated carbocycles. The number of aromatic nitrogens is 3. The van der Waals surface area contributed by atoms with Gasteiger partial charge in [-0.3, -0.25) is 0 Å². The lowest BCUT2D eigenvalue weighted by atomic mass is 10.0. The van der Waals surface area contributed by atoms with Crippen molar-refractivity contribution in [1.82, 2.24) is 15.0 Å². The van der Waals surface area contributed by atoms with Gasteiger partial charge in [0.2, 0.25) is 0 Å². The average molecular weight is 274 g/mol. The molecule has 19 heavy (non-hydrogen) atoms. The van der Waals surface area contributed by atoms with Crippen LogP contribution >= 0.6 is 0 Å². The Bertz CT molecular complexity index is 485. The molecule has 2 atom stereocenters. The summed E-state index contributed by atoms with van der Waals surface area (Å²) in [4.78, 5) is 0. The van der Waals surface area contributed by atoms with Crippen LogP contribution in [0, 0.1) is 11.3 Å². The molecule has 1 aliphatic heterocycles. The summed E-state index contributed by atoms with van der Waals surface area (Å²) in [5.41, 5.74) is 0.693. The van der Waals surface area contributed by atoms with Crippen molar-refractivity contribution in [2.75, 3.05) is 13.2 Å². The summed E-state index contributed by atoms with van der Waals surface area (Å²) < 4.78 is 44.5. The van der Waals surface area contributed by atoms with Crippen molar-refractivity contribution in [3.8, 4) is 6.07 Å². The maximum absolute atomic E-state index is 12.8. The summed E-state index contributed by atoms with van der Waals surface area (Å²) in [6, 6.07) is 0.140. The number of halogens is 3. The highest BCUT2D eigenvalue weighted by molar-refractivity contribution is 5.20. The summed E-state index contributed by atoms with van der Waals surface area (Å²) in [5.74, 6) is -0.178. The van der Waals surface area contributed by atoms with Gasteiger partial charge in [-0.25, -0.2) is 4.68 Å². The maximum atomic E-state index is 12.8. The largest absolute Gasteiger partial charge is 0.410 e. The number of nitriles is 1. The zero-order chi connectivity index (χ0) is 14.0. The highest BCUT2D eigenvalue weighted by atomic mass is 19.4. The topological polar surface area (TPSA) is 63.7 Å². The first kappa shape index (κ1) is 13.8. The summed E-state index contributed by atoms with van der Waals surface area (Å²) in [5, 5.41) is 16.0. The highest BCUT2D eigenvalue weighted by Crippen LogP contribution is 2.35. The molecule has 2 unspecified atom stereocenters. The lowest BCUT2D eigenvalue weighted by Crippen LogP contribution is -2.27. The number of hydrogen-bond donors (Lipinski definition) is 0. The summed E-state index contributed by atoms with van der Waals surface area (Å²) in [7, 11) is 0. The van der Waals surface area contributed by atoms with Gasteiger partial charge in [0.05, 0.1) is 24.8 Å². The first-order chi connectivity index (χ1) is 8.95. The van der Waals surface area contributed by atoms with Crippen LogP contribution in [0.15, 0.2) is 0 Å². The lowest BCUT2D eigenvalue weighted by molar-refractivity contribution is -0.166. The Kier molecular flexibility index (Phi) is 3.75. The van der Waals surface area contributed by atoms with Crippen molar-refractivity contribution in [1.29, 1.82) is 5.26 Å². The molecule has 1 saturated heterocycles. The van der Waals surface area contributed by atoms with Crippen LogP contribution in [0.4, 0.5) is 13.2 Å². The monoisotopic (exact) mass is 274 g/mol. The van der Waals surface area contributed by atoms with Crippen LogP contribution in [-0.4, -0.2) is 34.4 Å². The van der Waals surface area contributed by atoms with E-state index in [0.717, 1.165) is 11.6 Å². The molecule has 5 nitrogen and oxygen atoms in total. The fourth-order valence-electron chi connectivity index (χ4n) is 2.13. The second-order valence-electron chi connectivity index (χ2n) is 4.48. The third-order valence-corrected chi connectivity index (χ3v) is 3.21. The smallest absolute Gasteiger partial charge is 0.381 e. The molecular weight excluding hydrogens is 261 g/mol. The number of alkyl halides is 3. The number of hydrogen-bond acceptors (Lipinski definition) is 4. The first-order valence-corrected chi connectivity index (χ1v) is 5.90. The molecule has 2 rings (SSSR count). The van der Waals surface area contributed by atoms with Crippen LogP contribution in [0.2, 0.25) is 0 Å². The second-order valence-corrected chi connectivity index (χ2v) is 4.48. The molecule has 104 valence electrons. The van der Waals surface area contributed by atoms with E-state index in [-0.39, 0.29) is 12.3 Å². The Hall–Kier alpha value is -1.62. The molecule has 1 aromatic heterocycles. The number of ether oxygens (including phenoxy) is 1. The molecule has 0 bridgehead atoms. The third-order valence-electron chi connectivity index (χ3n) is 3.21. The molecule has 0 aliphatic carbocycles. The van der Waals surface area contributed by atoms with Gasteiger partial charge in [0.15, 0.2) is 0 Å². The third kappa shape index (κ3) is 2.71. The van der Waals surface area contributed by atoms with E-state index >= 15 is 0 Å². The quantitative estimate of drug-likeness (QED) is 0.845. The summed E-state index contributed by atoms with van der Waals surface area (Å²) >= 11 is 0. The maximum Gasteiger partial charge on any atom is 0.410 e. The molecule has 0 amide bonds. The van der Waals surface area contributed by atoms with Gasteiger partial charge in [0.1, 0.15) is 11.7 Å². The van der Waals surface area contributed by atoms with E-state index in [1.807, 2.05) is 6.07 Å². The van der Waals surface area contributed by atoms with Gasteiger partial charge >= 0.3 is 6.18 Å². The molecule has 0 spiro atoms. The Morgan fingerprint density at radius 2 is 2.32 bits per heavy atom. The zero-order valence-electron chi connectivity index (χ0n) is 10.3. The van der Waals surface area contributed by atoms with Gasteiger partial charge in [-0.15, -0.1) is 5.10 Å². The minimum atomic E-state index is -4.40. The van der Waals surface area contributed by atoms with Crippen LogP contribution in [0.25, 0.3) is 0 Å². The first-order valence-electron chi connectivity index (χ1n) is 5.90. The average Bonchev–Trinajstić information content (AvgIpc) is 2.95.